The topological polar surface area (TPSA) is 63.6 Å². The lowest BCUT2D eigenvalue weighted by Gasteiger charge is -2.22. The van der Waals surface area contributed by atoms with Crippen LogP contribution in [-0.4, -0.2) is 19.6 Å². The summed E-state index contributed by atoms with van der Waals surface area (Å²) in [6.45, 7) is 8.49. The third-order valence-corrected chi connectivity index (χ3v) is 2.27. The van der Waals surface area contributed by atoms with Gasteiger partial charge in [0.1, 0.15) is 0 Å². The molecular weight excluding hydrogens is 204 g/mol. The fraction of sp³-hybridized carbons (Fsp3) is 1.00. The Hall–Kier alpha value is -0.130. The van der Waals surface area contributed by atoms with E-state index >= 15 is 0 Å². The van der Waals surface area contributed by atoms with E-state index in [-0.39, 0.29) is 12.0 Å². The lowest BCUT2D eigenvalue weighted by molar-refractivity contribution is 0.224. The molecule has 0 saturated carbocycles. The molecule has 86 valence electrons. The summed E-state index contributed by atoms with van der Waals surface area (Å²) < 4.78 is 33.0. The first-order chi connectivity index (χ1) is 6.10. The zero-order valence-corrected chi connectivity index (χ0v) is 10.1. The van der Waals surface area contributed by atoms with Crippen LogP contribution in [0, 0.1) is 11.3 Å². The Balaban J connectivity index is 3.71. The first kappa shape index (κ1) is 13.9. The highest BCUT2D eigenvalue weighted by molar-refractivity contribution is 7.80. The van der Waals surface area contributed by atoms with Crippen molar-refractivity contribution in [3.63, 3.8) is 0 Å². The average molecular weight is 224 g/mol. The number of hydrogen-bond donors (Lipinski definition) is 1. The molecule has 0 rings (SSSR count). The van der Waals surface area contributed by atoms with Gasteiger partial charge in [0.15, 0.2) is 0 Å². The van der Waals surface area contributed by atoms with E-state index in [4.69, 9.17) is 4.55 Å². The van der Waals surface area contributed by atoms with Crippen LogP contribution in [0.3, 0.4) is 0 Å². The Morgan fingerprint density at radius 1 is 1.36 bits per heavy atom. The van der Waals surface area contributed by atoms with Crippen molar-refractivity contribution in [2.45, 2.75) is 40.5 Å². The molecule has 0 aromatic rings. The van der Waals surface area contributed by atoms with Gasteiger partial charge in [-0.25, -0.2) is 4.18 Å². The normalized spacial score (nSPS) is 15.5. The van der Waals surface area contributed by atoms with Gasteiger partial charge in [-0.05, 0) is 24.2 Å². The second-order valence-electron chi connectivity index (χ2n) is 4.91. The Labute approximate surface area is 86.6 Å². The molecule has 0 aliphatic heterocycles. The predicted octanol–water partition coefficient (Wildman–Crippen LogP) is 2.27. The molecule has 0 aliphatic rings. The zero-order valence-electron chi connectivity index (χ0n) is 9.28. The van der Waals surface area contributed by atoms with Gasteiger partial charge in [0, 0.05) is 0 Å². The molecule has 0 aliphatic carbocycles. The van der Waals surface area contributed by atoms with E-state index in [2.05, 4.69) is 25.0 Å². The fourth-order valence-corrected chi connectivity index (χ4v) is 1.81. The van der Waals surface area contributed by atoms with Gasteiger partial charge in [0.25, 0.3) is 0 Å². The van der Waals surface area contributed by atoms with E-state index in [1.165, 1.54) is 0 Å². The molecule has 0 bridgehead atoms. The van der Waals surface area contributed by atoms with Crippen molar-refractivity contribution in [2.75, 3.05) is 6.61 Å². The highest BCUT2D eigenvalue weighted by atomic mass is 32.3. The van der Waals surface area contributed by atoms with Crippen LogP contribution >= 0.6 is 0 Å². The minimum atomic E-state index is -4.26. The van der Waals surface area contributed by atoms with Gasteiger partial charge in [-0.1, -0.05) is 27.7 Å². The van der Waals surface area contributed by atoms with Crippen molar-refractivity contribution >= 4 is 10.4 Å². The van der Waals surface area contributed by atoms with Gasteiger partial charge < -0.3 is 0 Å². The maximum atomic E-state index is 10.2. The Kier molecular flexibility index (Phi) is 5.05. The Morgan fingerprint density at radius 3 is 2.21 bits per heavy atom. The molecule has 0 aromatic heterocycles. The van der Waals surface area contributed by atoms with Crippen LogP contribution in [0.4, 0.5) is 0 Å². The van der Waals surface area contributed by atoms with E-state index in [0.717, 1.165) is 6.42 Å². The van der Waals surface area contributed by atoms with Crippen LogP contribution in [0.25, 0.3) is 0 Å². The molecule has 1 N–H and O–H groups in total. The van der Waals surface area contributed by atoms with E-state index in [9.17, 15) is 8.42 Å². The van der Waals surface area contributed by atoms with Crippen LogP contribution < -0.4 is 0 Å². The third kappa shape index (κ3) is 9.95. The maximum absolute atomic E-state index is 10.2. The predicted molar refractivity (Wildman–Crippen MR) is 55.4 cm³/mol. The lowest BCUT2D eigenvalue weighted by Crippen LogP contribution is -2.14. The van der Waals surface area contributed by atoms with Gasteiger partial charge in [0.2, 0.25) is 0 Å². The van der Waals surface area contributed by atoms with Crippen molar-refractivity contribution < 1.29 is 17.2 Å². The van der Waals surface area contributed by atoms with Crippen molar-refractivity contribution in [1.82, 2.24) is 0 Å². The monoisotopic (exact) mass is 224 g/mol. The summed E-state index contributed by atoms with van der Waals surface area (Å²) in [5, 5.41) is 0. The average Bonchev–Trinajstić information content (AvgIpc) is 1.78. The molecule has 14 heavy (non-hydrogen) atoms. The van der Waals surface area contributed by atoms with Crippen molar-refractivity contribution in [2.24, 2.45) is 11.3 Å². The summed E-state index contributed by atoms with van der Waals surface area (Å²) in [4.78, 5) is 0. The number of hydrogen-bond acceptors (Lipinski definition) is 3. The minimum absolute atomic E-state index is 0.0517. The van der Waals surface area contributed by atoms with Gasteiger partial charge in [-0.3, -0.25) is 4.55 Å². The molecule has 1 atom stereocenters. The second-order valence-corrected chi connectivity index (χ2v) is 6.00. The van der Waals surface area contributed by atoms with E-state index in [1.54, 1.807) is 0 Å². The molecule has 0 spiro atoms. The van der Waals surface area contributed by atoms with E-state index in [0.29, 0.717) is 12.3 Å². The van der Waals surface area contributed by atoms with Crippen molar-refractivity contribution in [3.05, 3.63) is 0 Å². The first-order valence-electron chi connectivity index (χ1n) is 4.72. The quantitative estimate of drug-likeness (QED) is 0.728. The summed E-state index contributed by atoms with van der Waals surface area (Å²) in [6, 6.07) is 0. The van der Waals surface area contributed by atoms with E-state index < -0.39 is 10.4 Å². The largest absolute Gasteiger partial charge is 0.397 e. The maximum Gasteiger partial charge on any atom is 0.397 e. The lowest BCUT2D eigenvalue weighted by atomic mass is 9.84. The Bertz CT molecular complexity index is 250. The highest BCUT2D eigenvalue weighted by Gasteiger charge is 2.15. The van der Waals surface area contributed by atoms with Crippen LogP contribution in [0.5, 0.6) is 0 Å². The second kappa shape index (κ2) is 5.09. The molecule has 1 unspecified atom stereocenters. The van der Waals surface area contributed by atoms with Crippen LogP contribution in [-0.2, 0) is 14.6 Å². The molecule has 5 heteroatoms. The first-order valence-corrected chi connectivity index (χ1v) is 6.08. The van der Waals surface area contributed by atoms with Crippen LogP contribution in [0.15, 0.2) is 0 Å². The molecule has 4 nitrogen and oxygen atoms in total. The molecule has 0 fully saturated rings. The summed E-state index contributed by atoms with van der Waals surface area (Å²) in [6.07, 6.45) is 1.64. The summed E-state index contributed by atoms with van der Waals surface area (Å²) in [5.74, 6) is 0.386. The highest BCUT2D eigenvalue weighted by Crippen LogP contribution is 2.25. The van der Waals surface area contributed by atoms with Crippen LogP contribution in [0.2, 0.25) is 0 Å². The molecule has 0 heterocycles. The van der Waals surface area contributed by atoms with Crippen molar-refractivity contribution in [3.8, 4) is 0 Å². The summed E-state index contributed by atoms with van der Waals surface area (Å²) in [7, 11) is -4.26. The van der Waals surface area contributed by atoms with Gasteiger partial charge >= 0.3 is 10.4 Å². The SMILES string of the molecule is CC(CCOS(=O)(=O)O)CC(C)(C)C. The molecule has 0 saturated heterocycles. The zero-order chi connectivity index (χ0) is 11.4. The fourth-order valence-electron chi connectivity index (χ4n) is 1.50. The molecule has 0 aromatic carbocycles. The summed E-state index contributed by atoms with van der Waals surface area (Å²) in [5.41, 5.74) is 0.234. The van der Waals surface area contributed by atoms with Crippen LogP contribution in [0.1, 0.15) is 40.5 Å². The molecule has 0 radical (unpaired) electrons. The van der Waals surface area contributed by atoms with Crippen molar-refractivity contribution in [1.29, 1.82) is 0 Å². The smallest absolute Gasteiger partial charge is 0.264 e. The van der Waals surface area contributed by atoms with Gasteiger partial charge in [-0.2, -0.15) is 8.42 Å². The minimum Gasteiger partial charge on any atom is -0.264 e. The Morgan fingerprint density at radius 2 is 1.86 bits per heavy atom. The molecular formula is C9H20O4S. The summed E-state index contributed by atoms with van der Waals surface area (Å²) >= 11 is 0. The van der Waals surface area contributed by atoms with Gasteiger partial charge in [0.05, 0.1) is 6.61 Å². The number of rotatable bonds is 5. The third-order valence-electron chi connectivity index (χ3n) is 1.80. The van der Waals surface area contributed by atoms with E-state index in [1.807, 2.05) is 6.92 Å². The standard InChI is InChI=1S/C9H20O4S/c1-8(7-9(2,3)4)5-6-13-14(10,11)12/h8H,5-7H2,1-4H3,(H,10,11,12). The molecule has 0 amide bonds. The van der Waals surface area contributed by atoms with Gasteiger partial charge in [-0.15, -0.1) is 0 Å².